The molecular formula is C29H24Cl2N2O4S. The van der Waals surface area contributed by atoms with Crippen LogP contribution in [0.4, 0.5) is 11.4 Å². The van der Waals surface area contributed by atoms with E-state index in [1.807, 2.05) is 48.5 Å². The number of amides is 2. The van der Waals surface area contributed by atoms with Crippen molar-refractivity contribution in [3.63, 3.8) is 0 Å². The average Bonchev–Trinajstić information content (AvgIpc) is 2.94. The second-order valence-corrected chi connectivity index (χ2v) is 10.1. The van der Waals surface area contributed by atoms with Crippen molar-refractivity contribution in [1.82, 2.24) is 0 Å². The summed E-state index contributed by atoms with van der Waals surface area (Å²) < 4.78 is 10.5. The number of hydrogen-bond donors (Lipinski definition) is 2. The molecule has 6 nitrogen and oxygen atoms in total. The topological polar surface area (TPSA) is 76.7 Å². The van der Waals surface area contributed by atoms with E-state index in [4.69, 9.17) is 32.7 Å². The summed E-state index contributed by atoms with van der Waals surface area (Å²) in [5, 5.41) is 6.02. The highest BCUT2D eigenvalue weighted by Gasteiger charge is 2.23. The van der Waals surface area contributed by atoms with E-state index in [-0.39, 0.29) is 11.8 Å². The number of methoxy groups -OCH3 is 2. The van der Waals surface area contributed by atoms with Crippen molar-refractivity contribution in [2.75, 3.05) is 24.9 Å². The number of ether oxygens (including phenoxy) is 2. The molecule has 2 amide bonds. The molecule has 4 aromatic carbocycles. The number of rotatable bonds is 9. The summed E-state index contributed by atoms with van der Waals surface area (Å²) in [7, 11) is 3.05. The number of benzene rings is 4. The van der Waals surface area contributed by atoms with Crippen LogP contribution in [0.3, 0.4) is 0 Å². The molecule has 1 atom stereocenters. The minimum absolute atomic E-state index is 0.223. The predicted octanol–water partition coefficient (Wildman–Crippen LogP) is 7.74. The Kier molecular flexibility index (Phi) is 9.18. The van der Waals surface area contributed by atoms with E-state index in [9.17, 15) is 9.59 Å². The van der Waals surface area contributed by atoms with Crippen molar-refractivity contribution in [3.05, 3.63) is 112 Å². The Hall–Kier alpha value is -3.65. The first-order chi connectivity index (χ1) is 18.4. The third-order valence-electron chi connectivity index (χ3n) is 5.52. The number of nitrogens with one attached hydrogen (secondary N) is 2. The minimum atomic E-state index is -0.567. The number of carbonyl (C=O) groups excluding carboxylic acids is 2. The molecule has 0 aromatic heterocycles. The van der Waals surface area contributed by atoms with Gasteiger partial charge in [-0.2, -0.15) is 0 Å². The molecule has 0 fully saturated rings. The van der Waals surface area contributed by atoms with Crippen molar-refractivity contribution in [3.8, 4) is 11.5 Å². The number of hydrogen-bond acceptors (Lipinski definition) is 5. The van der Waals surface area contributed by atoms with Crippen LogP contribution in [0.25, 0.3) is 0 Å². The van der Waals surface area contributed by atoms with Gasteiger partial charge in [-0.15, -0.1) is 11.8 Å². The van der Waals surface area contributed by atoms with Gasteiger partial charge in [0, 0.05) is 21.8 Å². The highest BCUT2D eigenvalue weighted by Crippen LogP contribution is 2.38. The Morgan fingerprint density at radius 3 is 2.18 bits per heavy atom. The van der Waals surface area contributed by atoms with Gasteiger partial charge in [-0.1, -0.05) is 59.6 Å². The van der Waals surface area contributed by atoms with Gasteiger partial charge in [0.05, 0.1) is 24.3 Å². The predicted molar refractivity (Wildman–Crippen MR) is 154 cm³/mol. The molecule has 1 unspecified atom stereocenters. The van der Waals surface area contributed by atoms with Crippen molar-refractivity contribution < 1.29 is 19.1 Å². The van der Waals surface area contributed by atoms with Gasteiger partial charge in [0.1, 0.15) is 5.25 Å². The molecule has 0 aliphatic heterocycles. The Bertz CT molecular complexity index is 1450. The fourth-order valence-electron chi connectivity index (χ4n) is 3.65. The quantitative estimate of drug-likeness (QED) is 0.203. The van der Waals surface area contributed by atoms with Crippen LogP contribution in [0.5, 0.6) is 11.5 Å². The van der Waals surface area contributed by atoms with Crippen LogP contribution >= 0.6 is 35.0 Å². The van der Waals surface area contributed by atoms with Crippen LogP contribution in [-0.2, 0) is 4.79 Å². The molecule has 0 spiro atoms. The second-order valence-electron chi connectivity index (χ2n) is 8.08. The van der Waals surface area contributed by atoms with E-state index in [1.165, 1.54) is 26.0 Å². The number of thioether (sulfide) groups is 1. The first-order valence-electron chi connectivity index (χ1n) is 11.5. The van der Waals surface area contributed by atoms with Crippen LogP contribution in [0, 0.1) is 0 Å². The van der Waals surface area contributed by atoms with E-state index in [1.54, 1.807) is 42.5 Å². The van der Waals surface area contributed by atoms with Gasteiger partial charge >= 0.3 is 0 Å². The molecule has 4 aromatic rings. The van der Waals surface area contributed by atoms with Crippen LogP contribution in [0.1, 0.15) is 21.2 Å². The molecule has 194 valence electrons. The van der Waals surface area contributed by atoms with E-state index in [2.05, 4.69) is 10.6 Å². The Morgan fingerprint density at radius 1 is 0.737 bits per heavy atom. The molecular weight excluding hydrogens is 543 g/mol. The molecule has 0 radical (unpaired) electrons. The summed E-state index contributed by atoms with van der Waals surface area (Å²) in [5.41, 5.74) is 2.38. The zero-order valence-electron chi connectivity index (χ0n) is 20.5. The lowest BCUT2D eigenvalue weighted by molar-refractivity contribution is -0.115. The molecule has 0 heterocycles. The average molecular weight is 567 g/mol. The normalized spacial score (nSPS) is 11.4. The lowest BCUT2D eigenvalue weighted by Gasteiger charge is -2.18. The fourth-order valence-corrected chi connectivity index (χ4v) is 5.03. The molecule has 4 rings (SSSR count). The number of anilines is 2. The van der Waals surface area contributed by atoms with Crippen molar-refractivity contribution in [2.45, 2.75) is 10.1 Å². The maximum atomic E-state index is 13.4. The van der Waals surface area contributed by atoms with Crippen molar-refractivity contribution in [1.29, 1.82) is 0 Å². The summed E-state index contributed by atoms with van der Waals surface area (Å²) in [6.45, 7) is 0. The maximum absolute atomic E-state index is 13.4. The summed E-state index contributed by atoms with van der Waals surface area (Å²) in [6, 6.07) is 26.7. The van der Waals surface area contributed by atoms with Crippen LogP contribution < -0.4 is 20.1 Å². The minimum Gasteiger partial charge on any atom is -0.493 e. The molecule has 0 bridgehead atoms. The van der Waals surface area contributed by atoms with Crippen LogP contribution in [0.15, 0.2) is 95.9 Å². The Morgan fingerprint density at radius 2 is 1.47 bits per heavy atom. The first-order valence-corrected chi connectivity index (χ1v) is 13.1. The summed E-state index contributed by atoms with van der Waals surface area (Å²) in [5.74, 6) is 0.473. The Balaban J connectivity index is 1.54. The third kappa shape index (κ3) is 6.81. The monoisotopic (exact) mass is 566 g/mol. The molecule has 2 N–H and O–H groups in total. The Labute approximate surface area is 235 Å². The first kappa shape index (κ1) is 27.4. The van der Waals surface area contributed by atoms with E-state index < -0.39 is 5.25 Å². The molecule has 0 aliphatic carbocycles. The van der Waals surface area contributed by atoms with Crippen LogP contribution in [0.2, 0.25) is 10.0 Å². The number of halogens is 2. The van der Waals surface area contributed by atoms with E-state index in [0.717, 1.165) is 10.5 Å². The van der Waals surface area contributed by atoms with Crippen molar-refractivity contribution in [2.24, 2.45) is 0 Å². The smallest absolute Gasteiger partial charge is 0.255 e. The molecule has 38 heavy (non-hydrogen) atoms. The van der Waals surface area contributed by atoms with Gasteiger partial charge in [-0.25, -0.2) is 0 Å². The fraction of sp³-hybridized carbons (Fsp3) is 0.103. The lowest BCUT2D eigenvalue weighted by atomic mass is 10.1. The zero-order valence-corrected chi connectivity index (χ0v) is 22.9. The zero-order chi connectivity index (χ0) is 27.1. The van der Waals surface area contributed by atoms with Gasteiger partial charge in [0.25, 0.3) is 5.91 Å². The van der Waals surface area contributed by atoms with Gasteiger partial charge in [-0.3, -0.25) is 9.59 Å². The highest BCUT2D eigenvalue weighted by atomic mass is 35.5. The summed E-state index contributed by atoms with van der Waals surface area (Å²) in [6.07, 6.45) is 0. The third-order valence-corrected chi connectivity index (χ3v) is 7.51. The van der Waals surface area contributed by atoms with Gasteiger partial charge in [-0.05, 0) is 60.2 Å². The van der Waals surface area contributed by atoms with Crippen molar-refractivity contribution >= 4 is 58.2 Å². The van der Waals surface area contributed by atoms with Crippen LogP contribution in [-0.4, -0.2) is 26.0 Å². The molecule has 9 heteroatoms. The van der Waals surface area contributed by atoms with Gasteiger partial charge in [0.15, 0.2) is 11.5 Å². The molecule has 0 aliphatic rings. The summed E-state index contributed by atoms with van der Waals surface area (Å²) in [4.78, 5) is 27.1. The van der Waals surface area contributed by atoms with Gasteiger partial charge < -0.3 is 20.1 Å². The standard InChI is InChI=1S/C29H24Cl2N2O4S/c1-36-25-14-11-19(15-26(25)37-2)28(34)32-20-9-6-10-22(16-20)38-27(18-7-4-3-5-8-18)29(35)33-21-12-13-23(30)24(31)17-21/h3-17,27H,1-2H3,(H,32,34)(H,33,35). The van der Waals surface area contributed by atoms with Gasteiger partial charge in [0.2, 0.25) is 5.91 Å². The maximum Gasteiger partial charge on any atom is 0.255 e. The number of carbonyl (C=O) groups is 2. The molecule has 0 saturated carbocycles. The lowest BCUT2D eigenvalue weighted by Crippen LogP contribution is -2.19. The van der Waals surface area contributed by atoms with E-state index >= 15 is 0 Å². The van der Waals surface area contributed by atoms with E-state index in [0.29, 0.717) is 38.5 Å². The summed E-state index contributed by atoms with van der Waals surface area (Å²) >= 11 is 13.5. The second kappa shape index (κ2) is 12.7. The molecule has 0 saturated heterocycles. The SMILES string of the molecule is COc1ccc(C(=O)Nc2cccc(SC(C(=O)Nc3ccc(Cl)c(Cl)c3)c3ccccc3)c2)cc1OC. The largest absolute Gasteiger partial charge is 0.493 e. The highest BCUT2D eigenvalue weighted by molar-refractivity contribution is 8.00.